The van der Waals surface area contributed by atoms with Gasteiger partial charge in [-0.2, -0.15) is 0 Å². The van der Waals surface area contributed by atoms with Crippen LogP contribution in [0.4, 0.5) is 4.39 Å². The summed E-state index contributed by atoms with van der Waals surface area (Å²) < 4.78 is 12.7. The van der Waals surface area contributed by atoms with Crippen LogP contribution in [-0.2, 0) is 0 Å². The van der Waals surface area contributed by atoms with E-state index in [4.69, 9.17) is 5.84 Å². The Morgan fingerprint density at radius 1 is 1.33 bits per heavy atom. The number of benzene rings is 1. The van der Waals surface area contributed by atoms with E-state index in [2.05, 4.69) is 5.43 Å². The number of rotatable bonds is 4. The van der Waals surface area contributed by atoms with Gasteiger partial charge in [-0.25, -0.2) is 4.39 Å². The van der Waals surface area contributed by atoms with Crippen LogP contribution in [0.5, 0.6) is 0 Å². The van der Waals surface area contributed by atoms with E-state index < -0.39 is 0 Å². The van der Waals surface area contributed by atoms with Crippen LogP contribution in [0.15, 0.2) is 24.3 Å². The van der Waals surface area contributed by atoms with Gasteiger partial charge in [-0.15, -0.1) is 0 Å². The first-order chi connectivity index (χ1) is 7.29. The van der Waals surface area contributed by atoms with Crippen LogP contribution in [0.25, 0.3) is 0 Å². The summed E-state index contributed by atoms with van der Waals surface area (Å²) in [5, 5.41) is 0. The van der Waals surface area contributed by atoms with Crippen molar-refractivity contribution in [3.63, 3.8) is 0 Å². The summed E-state index contributed by atoms with van der Waals surface area (Å²) in [6, 6.07) is 6.74. The second-order valence-corrected chi connectivity index (χ2v) is 4.30. The molecule has 1 aromatic rings. The quantitative estimate of drug-likeness (QED) is 0.589. The molecule has 0 spiro atoms. The number of nitrogens with two attached hydrogens (primary N) is 1. The van der Waals surface area contributed by atoms with E-state index in [1.54, 1.807) is 12.1 Å². The summed E-state index contributed by atoms with van der Waals surface area (Å²) in [6.45, 7) is 0. The minimum absolute atomic E-state index is 0.163. The minimum atomic E-state index is -0.196. The number of hydrazine groups is 1. The van der Waals surface area contributed by atoms with Crippen molar-refractivity contribution in [3.8, 4) is 0 Å². The molecule has 0 heterocycles. The standard InChI is InChI=1S/C12H17FN2/c13-11-6-4-10(5-7-11)12(15-14)8-9-2-1-3-9/h4-7,9,12,15H,1-3,8,14H2. The van der Waals surface area contributed by atoms with Gasteiger partial charge in [-0.05, 0) is 30.0 Å². The monoisotopic (exact) mass is 208 g/mol. The van der Waals surface area contributed by atoms with Crippen LogP contribution in [0.1, 0.15) is 37.3 Å². The molecule has 82 valence electrons. The fourth-order valence-corrected chi connectivity index (χ4v) is 2.06. The van der Waals surface area contributed by atoms with Crippen molar-refractivity contribution in [2.45, 2.75) is 31.7 Å². The van der Waals surface area contributed by atoms with Crippen LogP contribution in [-0.4, -0.2) is 0 Å². The lowest BCUT2D eigenvalue weighted by atomic mass is 9.80. The van der Waals surface area contributed by atoms with E-state index in [1.807, 2.05) is 0 Å². The zero-order valence-corrected chi connectivity index (χ0v) is 8.75. The Hall–Kier alpha value is -0.930. The average molecular weight is 208 g/mol. The molecule has 2 rings (SSSR count). The lowest BCUT2D eigenvalue weighted by molar-refractivity contribution is 0.262. The van der Waals surface area contributed by atoms with Crippen molar-refractivity contribution in [1.82, 2.24) is 5.43 Å². The number of hydrogen-bond acceptors (Lipinski definition) is 2. The lowest BCUT2D eigenvalue weighted by Gasteiger charge is -2.29. The first kappa shape index (κ1) is 10.6. The molecule has 0 bridgehead atoms. The van der Waals surface area contributed by atoms with E-state index in [0.717, 1.165) is 17.9 Å². The molecule has 3 heteroatoms. The molecular weight excluding hydrogens is 191 g/mol. The zero-order chi connectivity index (χ0) is 10.7. The molecule has 15 heavy (non-hydrogen) atoms. The smallest absolute Gasteiger partial charge is 0.123 e. The SMILES string of the molecule is NNC(CC1CCC1)c1ccc(F)cc1. The molecule has 1 atom stereocenters. The molecule has 0 radical (unpaired) electrons. The van der Waals surface area contributed by atoms with Crippen molar-refractivity contribution in [2.24, 2.45) is 11.8 Å². The minimum Gasteiger partial charge on any atom is -0.271 e. The average Bonchev–Trinajstić information content (AvgIpc) is 2.19. The van der Waals surface area contributed by atoms with Crippen LogP contribution >= 0.6 is 0 Å². The normalized spacial score (nSPS) is 18.5. The van der Waals surface area contributed by atoms with Gasteiger partial charge in [0, 0.05) is 6.04 Å². The summed E-state index contributed by atoms with van der Waals surface area (Å²) >= 11 is 0. The first-order valence-electron chi connectivity index (χ1n) is 5.51. The predicted octanol–water partition coefficient (Wildman–Crippen LogP) is 2.52. The van der Waals surface area contributed by atoms with Crippen molar-refractivity contribution in [1.29, 1.82) is 0 Å². The highest BCUT2D eigenvalue weighted by Crippen LogP contribution is 2.34. The van der Waals surface area contributed by atoms with Crippen molar-refractivity contribution < 1.29 is 4.39 Å². The molecule has 0 aromatic heterocycles. The van der Waals surface area contributed by atoms with Gasteiger partial charge in [0.2, 0.25) is 0 Å². The Kier molecular flexibility index (Phi) is 3.34. The summed E-state index contributed by atoms with van der Waals surface area (Å²) in [7, 11) is 0. The highest BCUT2D eigenvalue weighted by Gasteiger charge is 2.22. The van der Waals surface area contributed by atoms with E-state index in [1.165, 1.54) is 31.4 Å². The number of hydrogen-bond donors (Lipinski definition) is 2. The molecule has 3 N–H and O–H groups in total. The molecule has 1 aliphatic carbocycles. The lowest BCUT2D eigenvalue weighted by Crippen LogP contribution is -2.31. The Morgan fingerprint density at radius 2 is 2.00 bits per heavy atom. The molecule has 0 saturated heterocycles. The zero-order valence-electron chi connectivity index (χ0n) is 8.75. The van der Waals surface area contributed by atoms with Gasteiger partial charge in [-0.3, -0.25) is 11.3 Å². The summed E-state index contributed by atoms with van der Waals surface area (Å²) in [5.74, 6) is 6.12. The Morgan fingerprint density at radius 3 is 2.47 bits per heavy atom. The summed E-state index contributed by atoms with van der Waals surface area (Å²) in [5.41, 5.74) is 3.89. The molecule has 0 amide bonds. The van der Waals surface area contributed by atoms with Crippen LogP contribution in [0.3, 0.4) is 0 Å². The maximum atomic E-state index is 12.7. The van der Waals surface area contributed by atoms with Gasteiger partial charge >= 0.3 is 0 Å². The third-order valence-electron chi connectivity index (χ3n) is 3.27. The van der Waals surface area contributed by atoms with Gasteiger partial charge in [0.25, 0.3) is 0 Å². The molecule has 1 aromatic carbocycles. The summed E-state index contributed by atoms with van der Waals surface area (Å²) in [6.07, 6.45) is 5.01. The molecule has 2 nitrogen and oxygen atoms in total. The highest BCUT2D eigenvalue weighted by atomic mass is 19.1. The van der Waals surface area contributed by atoms with Gasteiger partial charge in [0.1, 0.15) is 5.82 Å². The Bertz CT molecular complexity index is 306. The number of halogens is 1. The second-order valence-electron chi connectivity index (χ2n) is 4.30. The second kappa shape index (κ2) is 4.73. The molecule has 0 aliphatic heterocycles. The predicted molar refractivity (Wildman–Crippen MR) is 58.4 cm³/mol. The molecule has 1 aliphatic rings. The van der Waals surface area contributed by atoms with Crippen LogP contribution < -0.4 is 11.3 Å². The van der Waals surface area contributed by atoms with Gasteiger partial charge in [-0.1, -0.05) is 31.4 Å². The van der Waals surface area contributed by atoms with E-state index in [9.17, 15) is 4.39 Å². The van der Waals surface area contributed by atoms with E-state index in [0.29, 0.717) is 0 Å². The molecular formula is C12H17FN2. The molecule has 1 unspecified atom stereocenters. The van der Waals surface area contributed by atoms with Gasteiger partial charge < -0.3 is 0 Å². The summed E-state index contributed by atoms with van der Waals surface area (Å²) in [4.78, 5) is 0. The van der Waals surface area contributed by atoms with Crippen LogP contribution in [0, 0.1) is 11.7 Å². The fraction of sp³-hybridized carbons (Fsp3) is 0.500. The van der Waals surface area contributed by atoms with Gasteiger partial charge in [0.15, 0.2) is 0 Å². The topological polar surface area (TPSA) is 38.0 Å². The number of nitrogens with one attached hydrogen (secondary N) is 1. The third-order valence-corrected chi connectivity index (χ3v) is 3.27. The van der Waals surface area contributed by atoms with Crippen molar-refractivity contribution in [3.05, 3.63) is 35.6 Å². The van der Waals surface area contributed by atoms with E-state index >= 15 is 0 Å². The van der Waals surface area contributed by atoms with Crippen molar-refractivity contribution >= 4 is 0 Å². The maximum absolute atomic E-state index is 12.7. The van der Waals surface area contributed by atoms with E-state index in [-0.39, 0.29) is 11.9 Å². The Balaban J connectivity index is 2.01. The maximum Gasteiger partial charge on any atom is 0.123 e. The van der Waals surface area contributed by atoms with Crippen LogP contribution in [0.2, 0.25) is 0 Å². The highest BCUT2D eigenvalue weighted by molar-refractivity contribution is 5.19. The first-order valence-corrected chi connectivity index (χ1v) is 5.51. The Labute approximate surface area is 89.6 Å². The fourth-order valence-electron chi connectivity index (χ4n) is 2.06. The largest absolute Gasteiger partial charge is 0.271 e. The van der Waals surface area contributed by atoms with Gasteiger partial charge in [0.05, 0.1) is 0 Å². The molecule has 1 saturated carbocycles. The third kappa shape index (κ3) is 2.55. The van der Waals surface area contributed by atoms with Crippen molar-refractivity contribution in [2.75, 3.05) is 0 Å². The molecule has 1 fully saturated rings.